The maximum absolute atomic E-state index is 4.17. The van der Waals surface area contributed by atoms with Gasteiger partial charge in [0.05, 0.1) is 18.1 Å². The first-order valence-electron chi connectivity index (χ1n) is 4.17. The van der Waals surface area contributed by atoms with E-state index in [0.717, 1.165) is 12.1 Å². The number of rotatable bonds is 2. The quantitative estimate of drug-likeness (QED) is 0.591. The summed E-state index contributed by atoms with van der Waals surface area (Å²) in [5.41, 5.74) is 0.977. The molecule has 2 unspecified atom stereocenters. The smallest absolute Gasteiger partial charge is 0.0917 e. The van der Waals surface area contributed by atoms with Crippen LogP contribution >= 0.6 is 0 Å². The lowest BCUT2D eigenvalue weighted by molar-refractivity contribution is 0.304. The van der Waals surface area contributed by atoms with Crippen LogP contribution in [-0.4, -0.2) is 23.3 Å². The molecule has 1 heterocycles. The molecular formula is C9H16N2. The summed E-state index contributed by atoms with van der Waals surface area (Å²) in [7, 11) is 0. The van der Waals surface area contributed by atoms with E-state index >= 15 is 0 Å². The lowest BCUT2D eigenvalue weighted by Crippen LogP contribution is -2.35. The van der Waals surface area contributed by atoms with E-state index in [-0.39, 0.29) is 0 Å². The fourth-order valence-electron chi connectivity index (χ4n) is 1.23. The van der Waals surface area contributed by atoms with Crippen LogP contribution in [0.4, 0.5) is 0 Å². The van der Waals surface area contributed by atoms with E-state index in [1.54, 1.807) is 0 Å². The molecule has 11 heavy (non-hydrogen) atoms. The summed E-state index contributed by atoms with van der Waals surface area (Å²) in [6, 6.07) is 0.970. The molecule has 1 aliphatic rings. The van der Waals surface area contributed by atoms with Crippen molar-refractivity contribution in [1.82, 2.24) is 4.90 Å². The van der Waals surface area contributed by atoms with Crippen LogP contribution in [0.2, 0.25) is 0 Å². The molecule has 2 heteroatoms. The zero-order valence-electron chi connectivity index (χ0n) is 7.54. The van der Waals surface area contributed by atoms with Gasteiger partial charge in [0.2, 0.25) is 0 Å². The molecule has 0 saturated heterocycles. The van der Waals surface area contributed by atoms with Gasteiger partial charge in [0, 0.05) is 6.04 Å². The van der Waals surface area contributed by atoms with Crippen LogP contribution in [0.3, 0.4) is 0 Å². The molecule has 0 amide bonds. The third-order valence-corrected chi connectivity index (χ3v) is 2.39. The van der Waals surface area contributed by atoms with Crippen molar-refractivity contribution < 1.29 is 0 Å². The minimum Gasteiger partial charge on any atom is -0.352 e. The fraction of sp³-hybridized carbons (Fsp3) is 0.667. The van der Waals surface area contributed by atoms with Crippen molar-refractivity contribution in [2.75, 3.05) is 0 Å². The third-order valence-electron chi connectivity index (χ3n) is 2.39. The van der Waals surface area contributed by atoms with Crippen LogP contribution in [0, 0.1) is 0 Å². The van der Waals surface area contributed by atoms with Crippen molar-refractivity contribution in [3.05, 3.63) is 12.3 Å². The van der Waals surface area contributed by atoms with Crippen molar-refractivity contribution in [3.63, 3.8) is 0 Å². The van der Waals surface area contributed by atoms with E-state index < -0.39 is 0 Å². The average Bonchev–Trinajstić information content (AvgIpc) is 2.32. The highest BCUT2D eigenvalue weighted by Gasteiger charge is 2.22. The van der Waals surface area contributed by atoms with Gasteiger partial charge in [0.25, 0.3) is 0 Å². The Morgan fingerprint density at radius 2 is 2.45 bits per heavy atom. The van der Waals surface area contributed by atoms with Gasteiger partial charge in [-0.15, -0.1) is 0 Å². The maximum Gasteiger partial charge on any atom is 0.0917 e. The first-order chi connectivity index (χ1) is 5.16. The molecule has 0 aliphatic carbocycles. The lowest BCUT2D eigenvalue weighted by atomic mass is 10.2. The highest BCUT2D eigenvalue weighted by Crippen LogP contribution is 2.18. The number of nitrogens with zero attached hydrogens (tertiary/aromatic N) is 2. The Labute approximate surface area is 68.6 Å². The SMILES string of the molecule is C=C1N=CN(C(C)CC)C1C. The average molecular weight is 152 g/mol. The summed E-state index contributed by atoms with van der Waals surface area (Å²) in [5, 5.41) is 0. The molecular weight excluding hydrogens is 136 g/mol. The summed E-state index contributed by atoms with van der Waals surface area (Å²) >= 11 is 0. The summed E-state index contributed by atoms with van der Waals surface area (Å²) in [6.07, 6.45) is 3.06. The monoisotopic (exact) mass is 152 g/mol. The first-order valence-corrected chi connectivity index (χ1v) is 4.17. The third kappa shape index (κ3) is 1.44. The summed E-state index contributed by atoms with van der Waals surface area (Å²) < 4.78 is 0. The van der Waals surface area contributed by atoms with Crippen LogP contribution in [0.25, 0.3) is 0 Å². The molecule has 0 aromatic heterocycles. The molecule has 0 fully saturated rings. The molecule has 1 aliphatic heterocycles. The van der Waals surface area contributed by atoms with Gasteiger partial charge < -0.3 is 4.90 Å². The minimum absolute atomic E-state index is 0.393. The first kappa shape index (κ1) is 8.31. The molecule has 0 aromatic rings. The van der Waals surface area contributed by atoms with E-state index in [0.29, 0.717) is 12.1 Å². The van der Waals surface area contributed by atoms with Crippen LogP contribution in [0.15, 0.2) is 17.3 Å². The Balaban J connectivity index is 2.62. The summed E-state index contributed by atoms with van der Waals surface area (Å²) in [4.78, 5) is 6.43. The standard InChI is InChI=1S/C9H16N2/c1-5-7(2)11-6-10-8(3)9(11)4/h6-7,9H,3,5H2,1-2,4H3. The van der Waals surface area contributed by atoms with Crippen molar-refractivity contribution >= 4 is 6.34 Å². The molecule has 0 N–H and O–H groups in total. The summed E-state index contributed by atoms with van der Waals surface area (Å²) in [5.74, 6) is 0. The minimum atomic E-state index is 0.393. The topological polar surface area (TPSA) is 15.6 Å². The maximum atomic E-state index is 4.17. The van der Waals surface area contributed by atoms with Crippen molar-refractivity contribution in [2.24, 2.45) is 4.99 Å². The summed E-state index contributed by atoms with van der Waals surface area (Å²) in [6.45, 7) is 10.4. The van der Waals surface area contributed by atoms with Crippen LogP contribution < -0.4 is 0 Å². The van der Waals surface area contributed by atoms with Crippen LogP contribution in [-0.2, 0) is 0 Å². The zero-order valence-corrected chi connectivity index (χ0v) is 7.54. The largest absolute Gasteiger partial charge is 0.352 e. The number of hydrogen-bond acceptors (Lipinski definition) is 2. The normalized spacial score (nSPS) is 26.3. The van der Waals surface area contributed by atoms with Crippen LogP contribution in [0.1, 0.15) is 27.2 Å². The Morgan fingerprint density at radius 1 is 1.82 bits per heavy atom. The van der Waals surface area contributed by atoms with Crippen molar-refractivity contribution in [1.29, 1.82) is 0 Å². The highest BCUT2D eigenvalue weighted by atomic mass is 15.3. The fourth-order valence-corrected chi connectivity index (χ4v) is 1.23. The second-order valence-electron chi connectivity index (χ2n) is 3.12. The lowest BCUT2D eigenvalue weighted by Gasteiger charge is -2.27. The van der Waals surface area contributed by atoms with Crippen molar-refractivity contribution in [2.45, 2.75) is 39.3 Å². The Kier molecular flexibility index (Phi) is 2.32. The van der Waals surface area contributed by atoms with Gasteiger partial charge in [-0.3, -0.25) is 0 Å². The Hall–Kier alpha value is -0.790. The van der Waals surface area contributed by atoms with Crippen molar-refractivity contribution in [3.8, 4) is 0 Å². The second-order valence-corrected chi connectivity index (χ2v) is 3.12. The molecule has 62 valence electrons. The van der Waals surface area contributed by atoms with E-state index in [4.69, 9.17) is 0 Å². The number of hydrogen-bond donors (Lipinski definition) is 0. The molecule has 2 nitrogen and oxygen atoms in total. The molecule has 0 radical (unpaired) electrons. The molecule has 1 rings (SSSR count). The molecule has 0 bridgehead atoms. The molecule has 0 saturated carbocycles. The van der Waals surface area contributed by atoms with E-state index in [1.807, 2.05) is 6.34 Å². The van der Waals surface area contributed by atoms with Gasteiger partial charge in [-0.2, -0.15) is 0 Å². The van der Waals surface area contributed by atoms with Gasteiger partial charge in [-0.25, -0.2) is 4.99 Å². The van der Waals surface area contributed by atoms with E-state index in [9.17, 15) is 0 Å². The van der Waals surface area contributed by atoms with Gasteiger partial charge in [-0.1, -0.05) is 13.5 Å². The second kappa shape index (κ2) is 3.07. The van der Waals surface area contributed by atoms with Crippen LogP contribution in [0.5, 0.6) is 0 Å². The highest BCUT2D eigenvalue weighted by molar-refractivity contribution is 5.62. The molecule has 0 aromatic carbocycles. The van der Waals surface area contributed by atoms with E-state index in [1.165, 1.54) is 0 Å². The Bertz CT molecular complexity index is 184. The van der Waals surface area contributed by atoms with E-state index in [2.05, 4.69) is 37.2 Å². The Morgan fingerprint density at radius 3 is 2.82 bits per heavy atom. The molecule has 2 atom stereocenters. The van der Waals surface area contributed by atoms with Gasteiger partial charge >= 0.3 is 0 Å². The number of aliphatic imine (C=N–C) groups is 1. The molecule has 0 spiro atoms. The van der Waals surface area contributed by atoms with Gasteiger partial charge in [0.1, 0.15) is 0 Å². The van der Waals surface area contributed by atoms with Gasteiger partial charge in [0.15, 0.2) is 0 Å². The predicted molar refractivity (Wildman–Crippen MR) is 48.7 cm³/mol. The van der Waals surface area contributed by atoms with Gasteiger partial charge in [-0.05, 0) is 20.3 Å². The zero-order chi connectivity index (χ0) is 8.43. The predicted octanol–water partition coefficient (Wildman–Crippen LogP) is 2.03.